The number of rotatable bonds is 4. The number of anilines is 1. The number of sulfonamides is 1. The number of nitrogens with one attached hydrogen (secondary N) is 1. The molecule has 0 aliphatic carbocycles. The lowest BCUT2D eigenvalue weighted by Gasteiger charge is -2.19. The molecule has 21 heavy (non-hydrogen) atoms. The molecular formula is C15H17ClN2O2S. The lowest BCUT2D eigenvalue weighted by molar-refractivity contribution is 0.597. The average Bonchev–Trinajstić information content (AvgIpc) is 2.40. The SMILES string of the molecule is Cc1c(NC(C)c2ccccc2Cl)cccc1S(N)(=O)=O. The highest BCUT2D eigenvalue weighted by atomic mass is 35.5. The third-order valence-corrected chi connectivity index (χ3v) is 4.73. The first kappa shape index (κ1) is 15.8. The van der Waals surface area contributed by atoms with Crippen molar-refractivity contribution in [3.8, 4) is 0 Å². The van der Waals surface area contributed by atoms with Gasteiger partial charge in [0, 0.05) is 16.8 Å². The standard InChI is InChI=1S/C15H17ClN2O2S/c1-10-14(8-5-9-15(10)21(17,19)20)18-11(2)12-6-3-4-7-13(12)16/h3-9,11,18H,1-2H3,(H2,17,19,20). The number of halogens is 1. The van der Waals surface area contributed by atoms with Crippen molar-refractivity contribution in [1.82, 2.24) is 0 Å². The Hall–Kier alpha value is -1.56. The zero-order chi connectivity index (χ0) is 15.6. The fourth-order valence-electron chi connectivity index (χ4n) is 2.22. The van der Waals surface area contributed by atoms with E-state index in [-0.39, 0.29) is 10.9 Å². The van der Waals surface area contributed by atoms with Crippen LogP contribution in [-0.2, 0) is 10.0 Å². The predicted molar refractivity (Wildman–Crippen MR) is 86.0 cm³/mol. The van der Waals surface area contributed by atoms with Crippen molar-refractivity contribution in [2.45, 2.75) is 24.8 Å². The molecule has 0 aliphatic rings. The van der Waals surface area contributed by atoms with Gasteiger partial charge in [0.25, 0.3) is 0 Å². The molecule has 2 aromatic rings. The van der Waals surface area contributed by atoms with E-state index in [9.17, 15) is 8.42 Å². The van der Waals surface area contributed by atoms with Crippen LogP contribution in [0.2, 0.25) is 5.02 Å². The molecule has 1 atom stereocenters. The van der Waals surface area contributed by atoms with Crippen molar-refractivity contribution in [2.75, 3.05) is 5.32 Å². The zero-order valence-electron chi connectivity index (χ0n) is 11.8. The Morgan fingerprint density at radius 2 is 1.81 bits per heavy atom. The Morgan fingerprint density at radius 3 is 2.43 bits per heavy atom. The minimum absolute atomic E-state index is 0.0619. The van der Waals surface area contributed by atoms with Gasteiger partial charge < -0.3 is 5.32 Å². The Kier molecular flexibility index (Phi) is 4.56. The van der Waals surface area contributed by atoms with E-state index in [4.69, 9.17) is 16.7 Å². The summed E-state index contributed by atoms with van der Waals surface area (Å²) in [6.45, 7) is 3.69. The summed E-state index contributed by atoms with van der Waals surface area (Å²) in [5, 5.41) is 9.16. The van der Waals surface area contributed by atoms with Crippen molar-refractivity contribution in [3.63, 3.8) is 0 Å². The molecule has 0 saturated carbocycles. The normalized spacial score (nSPS) is 13.0. The monoisotopic (exact) mass is 324 g/mol. The van der Waals surface area contributed by atoms with Crippen LogP contribution >= 0.6 is 11.6 Å². The van der Waals surface area contributed by atoms with Gasteiger partial charge in [-0.2, -0.15) is 0 Å². The van der Waals surface area contributed by atoms with E-state index >= 15 is 0 Å². The van der Waals surface area contributed by atoms with Crippen molar-refractivity contribution >= 4 is 27.3 Å². The van der Waals surface area contributed by atoms with Crippen LogP contribution in [0.15, 0.2) is 47.4 Å². The van der Waals surface area contributed by atoms with Crippen LogP contribution < -0.4 is 10.5 Å². The molecule has 112 valence electrons. The van der Waals surface area contributed by atoms with Gasteiger partial charge in [-0.05, 0) is 43.2 Å². The second-order valence-corrected chi connectivity index (χ2v) is 6.80. The van der Waals surface area contributed by atoms with Gasteiger partial charge in [0.2, 0.25) is 10.0 Å². The van der Waals surface area contributed by atoms with Crippen molar-refractivity contribution in [3.05, 3.63) is 58.6 Å². The van der Waals surface area contributed by atoms with Crippen molar-refractivity contribution in [2.24, 2.45) is 5.14 Å². The molecule has 0 heterocycles. The summed E-state index contributed by atoms with van der Waals surface area (Å²) in [6.07, 6.45) is 0. The van der Waals surface area contributed by atoms with Crippen LogP contribution in [0.4, 0.5) is 5.69 Å². The predicted octanol–water partition coefficient (Wildman–Crippen LogP) is 3.47. The zero-order valence-corrected chi connectivity index (χ0v) is 13.4. The fourth-order valence-corrected chi connectivity index (χ4v) is 3.32. The third-order valence-electron chi connectivity index (χ3n) is 3.33. The molecular weight excluding hydrogens is 308 g/mol. The summed E-state index contributed by atoms with van der Waals surface area (Å²) < 4.78 is 23.1. The van der Waals surface area contributed by atoms with Gasteiger partial charge in [0.15, 0.2) is 0 Å². The molecule has 6 heteroatoms. The lowest BCUT2D eigenvalue weighted by Crippen LogP contribution is -2.15. The topological polar surface area (TPSA) is 72.2 Å². The van der Waals surface area contributed by atoms with Gasteiger partial charge in [0.1, 0.15) is 0 Å². The van der Waals surface area contributed by atoms with E-state index in [0.717, 1.165) is 5.56 Å². The van der Waals surface area contributed by atoms with Crippen molar-refractivity contribution < 1.29 is 8.42 Å². The van der Waals surface area contributed by atoms with Gasteiger partial charge in [-0.15, -0.1) is 0 Å². The minimum atomic E-state index is -3.73. The molecule has 4 nitrogen and oxygen atoms in total. The maximum atomic E-state index is 11.5. The lowest BCUT2D eigenvalue weighted by atomic mass is 10.1. The third kappa shape index (κ3) is 3.56. The van der Waals surface area contributed by atoms with Crippen LogP contribution in [0.1, 0.15) is 24.1 Å². The van der Waals surface area contributed by atoms with Crippen molar-refractivity contribution in [1.29, 1.82) is 0 Å². The molecule has 0 aromatic heterocycles. The van der Waals surface area contributed by atoms with Gasteiger partial charge in [-0.1, -0.05) is 35.9 Å². The largest absolute Gasteiger partial charge is 0.378 e. The number of hydrogen-bond acceptors (Lipinski definition) is 3. The van der Waals surface area contributed by atoms with E-state index in [1.165, 1.54) is 6.07 Å². The summed E-state index contributed by atoms with van der Waals surface area (Å²) in [5.41, 5.74) is 2.26. The summed E-state index contributed by atoms with van der Waals surface area (Å²) in [4.78, 5) is 0.124. The van der Waals surface area contributed by atoms with Gasteiger partial charge in [0.05, 0.1) is 4.90 Å². The Bertz CT molecular complexity index is 760. The summed E-state index contributed by atoms with van der Waals surface area (Å²) >= 11 is 6.17. The number of benzene rings is 2. The maximum Gasteiger partial charge on any atom is 0.238 e. The summed E-state index contributed by atoms with van der Waals surface area (Å²) in [6, 6.07) is 12.4. The highest BCUT2D eigenvalue weighted by Gasteiger charge is 2.16. The van der Waals surface area contributed by atoms with E-state index in [2.05, 4.69) is 5.32 Å². The van der Waals surface area contributed by atoms with E-state index in [0.29, 0.717) is 16.3 Å². The Balaban J connectivity index is 2.35. The quantitative estimate of drug-likeness (QED) is 0.904. The number of hydrogen-bond donors (Lipinski definition) is 2. The fraction of sp³-hybridized carbons (Fsp3) is 0.200. The second-order valence-electron chi connectivity index (χ2n) is 4.86. The molecule has 0 radical (unpaired) electrons. The van der Waals surface area contributed by atoms with Crippen LogP contribution in [0, 0.1) is 6.92 Å². The Morgan fingerprint density at radius 1 is 1.14 bits per heavy atom. The minimum Gasteiger partial charge on any atom is -0.378 e. The van der Waals surface area contributed by atoms with Crippen LogP contribution in [0.5, 0.6) is 0 Å². The molecule has 0 spiro atoms. The Labute approximate surface area is 130 Å². The summed E-state index contributed by atoms with van der Waals surface area (Å²) in [5.74, 6) is 0. The molecule has 3 N–H and O–H groups in total. The van der Waals surface area contributed by atoms with Crippen LogP contribution in [-0.4, -0.2) is 8.42 Å². The molecule has 2 rings (SSSR count). The van der Waals surface area contributed by atoms with E-state index in [1.54, 1.807) is 13.0 Å². The molecule has 0 aliphatic heterocycles. The second kappa shape index (κ2) is 6.05. The first-order chi connectivity index (χ1) is 9.80. The highest BCUT2D eigenvalue weighted by Crippen LogP contribution is 2.29. The maximum absolute atomic E-state index is 11.5. The van der Waals surface area contributed by atoms with E-state index in [1.807, 2.05) is 37.3 Å². The number of primary sulfonamides is 1. The molecule has 1 unspecified atom stereocenters. The molecule has 0 saturated heterocycles. The first-order valence-corrected chi connectivity index (χ1v) is 8.36. The highest BCUT2D eigenvalue weighted by molar-refractivity contribution is 7.89. The molecule has 2 aromatic carbocycles. The van der Waals surface area contributed by atoms with E-state index < -0.39 is 10.0 Å². The average molecular weight is 325 g/mol. The molecule has 0 bridgehead atoms. The smallest absolute Gasteiger partial charge is 0.238 e. The van der Waals surface area contributed by atoms with Crippen LogP contribution in [0.3, 0.4) is 0 Å². The van der Waals surface area contributed by atoms with Gasteiger partial charge >= 0.3 is 0 Å². The number of nitrogens with two attached hydrogens (primary N) is 1. The van der Waals surface area contributed by atoms with Gasteiger partial charge in [-0.3, -0.25) is 0 Å². The molecule has 0 amide bonds. The van der Waals surface area contributed by atoms with Crippen LogP contribution in [0.25, 0.3) is 0 Å². The summed E-state index contributed by atoms with van der Waals surface area (Å²) in [7, 11) is -3.73. The molecule has 0 fully saturated rings. The first-order valence-electron chi connectivity index (χ1n) is 6.44. The van der Waals surface area contributed by atoms with Gasteiger partial charge in [-0.25, -0.2) is 13.6 Å².